The zero-order valence-corrected chi connectivity index (χ0v) is 76.5. The van der Waals surface area contributed by atoms with E-state index in [9.17, 15) is 43.2 Å². The Labute approximate surface area is 757 Å². The molecule has 2 spiro atoms. The Balaban J connectivity index is 0.000000185. The first kappa shape index (κ1) is 92.9. The molecule has 129 heavy (non-hydrogen) atoms. The van der Waals surface area contributed by atoms with E-state index >= 15 is 0 Å². The number of amides is 8. The molecule has 10 aromatic rings. The van der Waals surface area contributed by atoms with Gasteiger partial charge in [-0.05, 0) is 161 Å². The number of carbonyl (C=O) groups excluding carboxylic acids is 8. The fourth-order valence-electron chi connectivity index (χ4n) is 17.1. The van der Waals surface area contributed by atoms with Crippen molar-refractivity contribution in [3.63, 3.8) is 0 Å². The minimum atomic E-state index is -1.04. The third kappa shape index (κ3) is 22.0. The zero-order valence-electron chi connectivity index (χ0n) is 74.9. The van der Waals surface area contributed by atoms with Crippen LogP contribution in [0.15, 0.2) is 146 Å². The fourth-order valence-corrected chi connectivity index (χ4v) is 19.4. The minimum Gasteiger partial charge on any atom is -0.480 e. The van der Waals surface area contributed by atoms with Crippen LogP contribution in [0.25, 0.3) is 88.8 Å². The maximum atomic E-state index is 13.9. The first-order valence-corrected chi connectivity index (χ1v) is 45.6. The van der Waals surface area contributed by atoms with Crippen molar-refractivity contribution in [2.45, 2.75) is 159 Å². The molecule has 16 rings (SSSR count). The van der Waals surface area contributed by atoms with Gasteiger partial charge in [0.2, 0.25) is 23.6 Å². The van der Waals surface area contributed by atoms with Crippen molar-refractivity contribution < 1.29 is 76.7 Å². The smallest absolute Gasteiger partial charge is 0.411 e. The number of carbonyl (C=O) groups is 9. The molecule has 682 valence electrons. The summed E-state index contributed by atoms with van der Waals surface area (Å²) in [5, 5.41) is 22.9. The molecule has 4 aliphatic heterocycles. The van der Waals surface area contributed by atoms with Crippen LogP contribution in [0.3, 0.4) is 0 Å². The number of H-pyrrole nitrogens is 4. The van der Waals surface area contributed by atoms with Crippen LogP contribution in [0, 0.1) is 22.7 Å². The second-order valence-corrected chi connectivity index (χ2v) is 37.9. The largest absolute Gasteiger partial charge is 0.480 e. The van der Waals surface area contributed by atoms with Crippen molar-refractivity contribution in [3.05, 3.63) is 169 Å². The number of aromatic nitrogens is 8. The molecule has 6 aliphatic rings. The second kappa shape index (κ2) is 40.2. The number of hydrogen-bond acceptors (Lipinski definition) is 21. The van der Waals surface area contributed by atoms with Crippen molar-refractivity contribution in [2.24, 2.45) is 22.7 Å². The van der Waals surface area contributed by atoms with Gasteiger partial charge in [-0.1, -0.05) is 125 Å². The molecule has 6 aromatic carbocycles. The highest BCUT2D eigenvalue weighted by Gasteiger charge is 2.57. The highest BCUT2D eigenvalue weighted by Crippen LogP contribution is 2.60. The van der Waals surface area contributed by atoms with Crippen molar-refractivity contribution in [2.75, 3.05) is 86.4 Å². The van der Waals surface area contributed by atoms with E-state index in [0.717, 1.165) is 156 Å². The second-order valence-electron chi connectivity index (χ2n) is 35.5. The first-order valence-electron chi connectivity index (χ1n) is 43.5. The van der Waals surface area contributed by atoms with Gasteiger partial charge in [0, 0.05) is 96.0 Å². The van der Waals surface area contributed by atoms with Crippen LogP contribution in [0.2, 0.25) is 0 Å². The number of aliphatic carboxylic acids is 1. The summed E-state index contributed by atoms with van der Waals surface area (Å²) in [6.07, 6.45) is 11.8. The third-order valence-electron chi connectivity index (χ3n) is 24.5. The molecule has 8 heterocycles. The number of fused-ring (bicyclic) bond motifs is 2. The van der Waals surface area contributed by atoms with Crippen molar-refractivity contribution >= 4 is 99.0 Å². The number of carboxylic acid groups (broad SMARTS) is 1. The Hall–Kier alpha value is -12.3. The number of imidazole rings is 4. The highest BCUT2D eigenvalue weighted by atomic mass is 32.2. The van der Waals surface area contributed by atoms with Gasteiger partial charge in [0.05, 0.1) is 81.0 Å². The number of nitrogens with zero attached hydrogens (tertiary/aromatic N) is 8. The van der Waals surface area contributed by atoms with E-state index in [1.807, 2.05) is 76.9 Å². The standard InChI is InChI=1S/C45H52N8O7S.C43H49N7O5S.C7H13NO4/c1-26(2)37(51-44(57)60-5)41(55)53-25-45(15-16-45)22-36(53)38-46-24-35(48-38)32-13-12-30-20-29(10-11-31(30)21-32)27-6-8-28(9-7-27)34-23-47-39(49-34)42-52(17-19-61-42)40(54)33(14-18-58-3)50-43(56)59-4;1-25(2)35(48-40(52)54-6)38(51)50-24-43(15-16-43)21-34(50)36-44-23-33(46-36)31-14-13-29-19-28(11-12-30(29)20-31)26-7-9-27(10-8-26)32-22-45-37(47-32)39-49(17-18-56-39)41(53)55-42(3,4)5;1-5(9)8-6(7(10)11)3-4-12-2/h6-13,20-21,23-24,26,33,36-37,42H,14-19,22,25H2,1-5H3,(H,46,48)(H,47,49)(H,50,56)(H,51,57);7-14,19-20,22-23,25,34-35,39H,15-18,21,24H2,1-6H3,(H,44,46)(H,45,47)(H,48,52);6H,3-4H2,1-2H3,(H,8,9)(H,10,11)/t33-,36-,37-,42-;34-,35-,39-;/m00./s1. The van der Waals surface area contributed by atoms with Crippen LogP contribution in [-0.2, 0) is 52.4 Å². The monoisotopic (exact) mass is 1800 g/mol. The Morgan fingerprint density at radius 2 is 0.798 bits per heavy atom. The number of rotatable bonds is 26. The Morgan fingerprint density at radius 1 is 0.450 bits per heavy atom. The molecule has 0 radical (unpaired) electrons. The summed E-state index contributed by atoms with van der Waals surface area (Å²) < 4.78 is 29.9. The zero-order chi connectivity index (χ0) is 91.8. The van der Waals surface area contributed by atoms with Crippen molar-refractivity contribution in [1.29, 1.82) is 0 Å². The van der Waals surface area contributed by atoms with Crippen LogP contribution < -0.4 is 21.3 Å². The molecule has 4 saturated heterocycles. The Bertz CT molecular complexity index is 5720. The van der Waals surface area contributed by atoms with Crippen LogP contribution in [-0.4, -0.2) is 235 Å². The molecule has 2 saturated carbocycles. The molecule has 9 N–H and O–H groups in total. The number of benzene rings is 6. The molecule has 4 aromatic heterocycles. The molecule has 32 nitrogen and oxygen atoms in total. The molecule has 6 fully saturated rings. The van der Waals surface area contributed by atoms with Crippen LogP contribution in [0.4, 0.5) is 19.2 Å². The van der Waals surface area contributed by atoms with Gasteiger partial charge in [0.25, 0.3) is 0 Å². The quantitative estimate of drug-likeness (QED) is 0.0227. The Morgan fingerprint density at radius 3 is 1.18 bits per heavy atom. The molecule has 0 bridgehead atoms. The third-order valence-corrected chi connectivity index (χ3v) is 26.9. The number of hydrogen-bond donors (Lipinski definition) is 9. The van der Waals surface area contributed by atoms with Gasteiger partial charge in [-0.15, -0.1) is 23.5 Å². The minimum absolute atomic E-state index is 0.0968. The molecular formula is C95H114N16O16S2. The van der Waals surface area contributed by atoms with Gasteiger partial charge in [-0.3, -0.25) is 24.1 Å². The van der Waals surface area contributed by atoms with Gasteiger partial charge in [0.15, 0.2) is 0 Å². The SMILES string of the molecule is COC(=O)N[C@H](C(=O)N1CC2(CC2)C[C@H]1c1ncc(-c2ccc3cc(-c4ccc(-c5cnc([C@@H]6SCCN6C(=O)OC(C)(C)C)[nH]5)cc4)ccc3c2)[nH]1)C(C)C.COCCC(NC(C)=O)C(=O)O.COCC[C@H](NC(=O)OC)C(=O)N1CCS[C@H]1c1ncc(-c2ccc(-c3ccc4cc(-c5cnc([C@@H]6CC7(CC7)CN6C(=O)[C@@H](NC(=O)OC)C(C)C)[nH]5)ccc4c3)cc2)[nH]1. The summed E-state index contributed by atoms with van der Waals surface area (Å²) in [7, 11) is 6.92. The molecule has 34 heteroatoms. The first-order chi connectivity index (χ1) is 61.9. The molecule has 2 aliphatic carbocycles. The topological polar surface area (TPSA) is 405 Å². The summed E-state index contributed by atoms with van der Waals surface area (Å²) in [6, 6.07) is 39.0. The maximum Gasteiger partial charge on any atom is 0.411 e. The van der Waals surface area contributed by atoms with E-state index in [-0.39, 0.29) is 81.6 Å². The lowest BCUT2D eigenvalue weighted by Crippen LogP contribution is -2.51. The number of carboxylic acids is 1. The number of nitrogens with one attached hydrogen (secondary N) is 8. The van der Waals surface area contributed by atoms with Crippen LogP contribution in [0.5, 0.6) is 0 Å². The number of alkyl carbamates (subject to hydrolysis) is 3. The lowest BCUT2D eigenvalue weighted by atomic mass is 9.98. The van der Waals surface area contributed by atoms with E-state index in [4.69, 9.17) is 38.8 Å². The van der Waals surface area contributed by atoms with Gasteiger partial charge in [-0.2, -0.15) is 0 Å². The molecule has 1 unspecified atom stereocenters. The van der Waals surface area contributed by atoms with Crippen molar-refractivity contribution in [1.82, 2.24) is 80.7 Å². The average molecular weight is 1800 g/mol. The summed E-state index contributed by atoms with van der Waals surface area (Å²) in [4.78, 5) is 152. The van der Waals surface area contributed by atoms with E-state index in [1.165, 1.54) is 35.4 Å². The van der Waals surface area contributed by atoms with E-state index in [0.29, 0.717) is 51.6 Å². The number of aromatic amines is 4. The molecule has 8 amide bonds. The predicted octanol–water partition coefficient (Wildman–Crippen LogP) is 15.4. The summed E-state index contributed by atoms with van der Waals surface area (Å²) in [5.74, 6) is 2.49. The number of thioether (sulfide) groups is 2. The van der Waals surface area contributed by atoms with Crippen molar-refractivity contribution in [3.8, 4) is 67.3 Å². The van der Waals surface area contributed by atoms with Crippen LogP contribution >= 0.6 is 23.5 Å². The van der Waals surface area contributed by atoms with E-state index < -0.39 is 54.0 Å². The number of likely N-dealkylation sites (tertiary alicyclic amines) is 2. The van der Waals surface area contributed by atoms with Gasteiger partial charge in [-0.25, -0.2) is 43.9 Å². The van der Waals surface area contributed by atoms with Gasteiger partial charge >= 0.3 is 30.3 Å². The molecule has 8 atom stereocenters. The lowest BCUT2D eigenvalue weighted by Gasteiger charge is -2.30. The van der Waals surface area contributed by atoms with Crippen LogP contribution in [0.1, 0.15) is 153 Å². The fraction of sp³-hybridized carbons (Fsp3) is 0.442. The number of ether oxygens (including phenoxy) is 6. The summed E-state index contributed by atoms with van der Waals surface area (Å²) in [6.45, 7) is 17.7. The van der Waals surface area contributed by atoms with E-state index in [1.54, 1.807) is 46.6 Å². The number of methoxy groups -OCH3 is 5. The molecular weight excluding hydrogens is 1690 g/mol. The normalized spacial score (nSPS) is 18.6. The predicted molar refractivity (Wildman–Crippen MR) is 492 cm³/mol. The summed E-state index contributed by atoms with van der Waals surface area (Å²) in [5.41, 5.74) is 11.6. The van der Waals surface area contributed by atoms with E-state index in [2.05, 4.69) is 177 Å². The summed E-state index contributed by atoms with van der Waals surface area (Å²) >= 11 is 3.30. The maximum absolute atomic E-state index is 13.9. The highest BCUT2D eigenvalue weighted by molar-refractivity contribution is 8.00. The van der Waals surface area contributed by atoms with Gasteiger partial charge < -0.3 is 89.4 Å². The Kier molecular flexibility index (Phi) is 28.9. The van der Waals surface area contributed by atoms with Gasteiger partial charge in [0.1, 0.15) is 63.8 Å². The lowest BCUT2D eigenvalue weighted by molar-refractivity contribution is -0.142. The average Bonchev–Trinajstić information content (AvgIpc) is 1.27.